The summed E-state index contributed by atoms with van der Waals surface area (Å²) in [7, 11) is 0. The van der Waals surface area contributed by atoms with Crippen LogP contribution in [0.5, 0.6) is 5.75 Å². The van der Waals surface area contributed by atoms with Crippen LogP contribution in [0.2, 0.25) is 5.02 Å². The van der Waals surface area contributed by atoms with Crippen LogP contribution in [-0.2, 0) is 11.4 Å². The molecule has 0 saturated heterocycles. The number of benzene rings is 2. The number of carboxylic acids is 1. The molecule has 6 nitrogen and oxygen atoms in total. The summed E-state index contributed by atoms with van der Waals surface area (Å²) in [6.07, 6.45) is 1.51. The largest absolute Gasteiger partial charge is 0.488 e. The molecule has 1 N–H and O–H groups in total. The van der Waals surface area contributed by atoms with E-state index in [1.165, 1.54) is 6.08 Å². The van der Waals surface area contributed by atoms with E-state index in [4.69, 9.17) is 20.8 Å². The fourth-order valence-corrected chi connectivity index (χ4v) is 3.09. The summed E-state index contributed by atoms with van der Waals surface area (Å²) in [4.78, 5) is 11.6. The van der Waals surface area contributed by atoms with Crippen molar-refractivity contribution in [1.82, 2.24) is 10.2 Å². The van der Waals surface area contributed by atoms with E-state index < -0.39 is 5.97 Å². The lowest BCUT2D eigenvalue weighted by molar-refractivity contribution is -0.131. The molecule has 27 heavy (non-hydrogen) atoms. The van der Waals surface area contributed by atoms with Crippen molar-refractivity contribution in [3.05, 3.63) is 75.5 Å². The lowest BCUT2D eigenvalue weighted by atomic mass is 10.2. The highest BCUT2D eigenvalue weighted by Gasteiger charge is 2.15. The minimum atomic E-state index is -1.10. The van der Waals surface area contributed by atoms with Crippen molar-refractivity contribution < 1.29 is 19.1 Å². The van der Waals surface area contributed by atoms with Crippen LogP contribution < -0.4 is 4.74 Å². The van der Waals surface area contributed by atoms with Crippen LogP contribution in [0.15, 0.2) is 63.1 Å². The maximum absolute atomic E-state index is 11.6. The molecule has 8 heteroatoms. The van der Waals surface area contributed by atoms with Gasteiger partial charge in [-0.3, -0.25) is 0 Å². The van der Waals surface area contributed by atoms with E-state index in [0.717, 1.165) is 17.3 Å². The molecule has 0 aliphatic carbocycles. The number of halogens is 1. The first kappa shape index (κ1) is 19.0. The highest BCUT2D eigenvalue weighted by Crippen LogP contribution is 2.30. The number of hydrogen-bond donors (Lipinski definition) is 1. The number of aromatic nitrogens is 2. The third-order valence-electron chi connectivity index (χ3n) is 3.46. The predicted octanol–water partition coefficient (Wildman–Crippen LogP) is 4.83. The Kier molecular flexibility index (Phi) is 6.16. The van der Waals surface area contributed by atoms with Gasteiger partial charge in [0.05, 0.1) is 0 Å². The quantitative estimate of drug-likeness (QED) is 0.447. The molecular formula is C19H15ClN2O4S. The molecule has 138 valence electrons. The van der Waals surface area contributed by atoms with E-state index in [1.54, 1.807) is 31.2 Å². The Bertz CT molecular complexity index is 987. The smallest absolute Gasteiger partial charge is 0.342 e. The molecule has 0 aliphatic rings. The van der Waals surface area contributed by atoms with E-state index in [-0.39, 0.29) is 16.7 Å². The normalized spacial score (nSPS) is 11.4. The molecule has 2 aromatic carbocycles. The number of para-hydroxylation sites is 1. The number of carbonyl (C=O) groups is 1. The van der Waals surface area contributed by atoms with Crippen LogP contribution in [0, 0.1) is 6.92 Å². The molecule has 0 fully saturated rings. The summed E-state index contributed by atoms with van der Waals surface area (Å²) >= 11 is 7.03. The molecule has 0 unspecified atom stereocenters. The highest BCUT2D eigenvalue weighted by molar-refractivity contribution is 8.03. The van der Waals surface area contributed by atoms with Crippen molar-refractivity contribution in [2.24, 2.45) is 0 Å². The van der Waals surface area contributed by atoms with Crippen molar-refractivity contribution in [2.45, 2.75) is 18.8 Å². The summed E-state index contributed by atoms with van der Waals surface area (Å²) in [5.74, 6) is -0.194. The van der Waals surface area contributed by atoms with Gasteiger partial charge in [0.1, 0.15) is 17.3 Å². The molecule has 1 aromatic heterocycles. The maximum Gasteiger partial charge on any atom is 0.342 e. The Labute approximate surface area is 164 Å². The first-order chi connectivity index (χ1) is 13.0. The van der Waals surface area contributed by atoms with Crippen molar-refractivity contribution in [2.75, 3.05) is 0 Å². The molecule has 0 radical (unpaired) electrons. The molecule has 0 spiro atoms. The van der Waals surface area contributed by atoms with E-state index in [0.29, 0.717) is 22.2 Å². The van der Waals surface area contributed by atoms with Gasteiger partial charge in [-0.1, -0.05) is 48.0 Å². The van der Waals surface area contributed by atoms with Crippen molar-refractivity contribution in [3.63, 3.8) is 0 Å². The fraction of sp³-hybridized carbons (Fsp3) is 0.105. The van der Waals surface area contributed by atoms with Crippen LogP contribution in [0.25, 0.3) is 6.08 Å². The zero-order valence-electron chi connectivity index (χ0n) is 14.3. The lowest BCUT2D eigenvalue weighted by Gasteiger charge is -2.11. The van der Waals surface area contributed by atoms with Gasteiger partial charge >= 0.3 is 5.97 Å². The third kappa shape index (κ3) is 5.12. The van der Waals surface area contributed by atoms with Crippen molar-refractivity contribution in [3.8, 4) is 5.75 Å². The minimum absolute atomic E-state index is 0.0347. The first-order valence-corrected chi connectivity index (χ1v) is 9.10. The number of ether oxygens (including phenoxy) is 1. The monoisotopic (exact) mass is 402 g/mol. The average molecular weight is 403 g/mol. The Morgan fingerprint density at radius 2 is 1.96 bits per heavy atom. The van der Waals surface area contributed by atoms with Crippen LogP contribution in [0.4, 0.5) is 0 Å². The number of aryl methyl sites for hydroxylation is 1. The fourth-order valence-electron chi connectivity index (χ4n) is 2.19. The van der Waals surface area contributed by atoms with E-state index in [1.807, 2.05) is 24.3 Å². The minimum Gasteiger partial charge on any atom is -0.488 e. The van der Waals surface area contributed by atoms with Gasteiger partial charge in [-0.15, -0.1) is 10.2 Å². The molecule has 0 saturated carbocycles. The van der Waals surface area contributed by atoms with Gasteiger partial charge in [-0.25, -0.2) is 4.79 Å². The first-order valence-electron chi connectivity index (χ1n) is 7.91. The molecular weight excluding hydrogens is 388 g/mol. The SMILES string of the molecule is Cc1nnc(S/C(=C/c2ccccc2OCc2ccccc2Cl)C(=O)O)o1. The second kappa shape index (κ2) is 8.75. The Hall–Kier alpha value is -2.77. The topological polar surface area (TPSA) is 85.5 Å². The van der Waals surface area contributed by atoms with Gasteiger partial charge in [-0.2, -0.15) is 0 Å². The van der Waals surface area contributed by atoms with Gasteiger partial charge in [0, 0.05) is 23.1 Å². The number of hydrogen-bond acceptors (Lipinski definition) is 6. The molecule has 0 aliphatic heterocycles. The van der Waals surface area contributed by atoms with Crippen LogP contribution in [-0.4, -0.2) is 21.3 Å². The summed E-state index contributed by atoms with van der Waals surface area (Å²) in [5.41, 5.74) is 1.46. The van der Waals surface area contributed by atoms with Gasteiger partial charge in [-0.05, 0) is 30.0 Å². The van der Waals surface area contributed by atoms with Crippen LogP contribution >= 0.6 is 23.4 Å². The summed E-state index contributed by atoms with van der Waals surface area (Å²) in [6, 6.07) is 14.5. The van der Waals surface area contributed by atoms with Crippen LogP contribution in [0.3, 0.4) is 0 Å². The van der Waals surface area contributed by atoms with Gasteiger partial charge < -0.3 is 14.3 Å². The molecule has 3 aromatic rings. The second-order valence-electron chi connectivity index (χ2n) is 5.42. The van der Waals surface area contributed by atoms with E-state index in [2.05, 4.69) is 10.2 Å². The Morgan fingerprint density at radius 3 is 2.67 bits per heavy atom. The Morgan fingerprint density at radius 1 is 1.22 bits per heavy atom. The summed E-state index contributed by atoms with van der Waals surface area (Å²) in [5, 5.41) is 17.8. The zero-order valence-corrected chi connectivity index (χ0v) is 15.8. The number of thioether (sulfide) groups is 1. The van der Waals surface area contributed by atoms with Gasteiger partial charge in [0.15, 0.2) is 0 Å². The number of rotatable bonds is 7. The van der Waals surface area contributed by atoms with E-state index >= 15 is 0 Å². The predicted molar refractivity (Wildman–Crippen MR) is 103 cm³/mol. The Balaban J connectivity index is 1.83. The molecule has 3 rings (SSSR count). The van der Waals surface area contributed by atoms with Gasteiger partial charge in [0.2, 0.25) is 5.89 Å². The number of carboxylic acid groups (broad SMARTS) is 1. The number of aliphatic carboxylic acids is 1. The molecule has 0 bridgehead atoms. The van der Waals surface area contributed by atoms with Gasteiger partial charge in [0.25, 0.3) is 5.22 Å². The van der Waals surface area contributed by atoms with Crippen molar-refractivity contribution >= 4 is 35.4 Å². The lowest BCUT2D eigenvalue weighted by Crippen LogP contribution is -2.00. The third-order valence-corrected chi connectivity index (χ3v) is 4.68. The highest BCUT2D eigenvalue weighted by atomic mass is 35.5. The molecule has 0 amide bonds. The number of nitrogens with zero attached hydrogens (tertiary/aromatic N) is 2. The summed E-state index contributed by atoms with van der Waals surface area (Å²) in [6.45, 7) is 1.90. The van der Waals surface area contributed by atoms with Crippen LogP contribution in [0.1, 0.15) is 17.0 Å². The van der Waals surface area contributed by atoms with Crippen molar-refractivity contribution in [1.29, 1.82) is 0 Å². The standard InChI is InChI=1S/C19H15ClN2O4S/c1-12-21-22-19(26-12)27-17(18(23)24)10-13-6-3-5-9-16(13)25-11-14-7-2-4-8-15(14)20/h2-10H,11H2,1H3,(H,23,24)/b17-10+. The maximum atomic E-state index is 11.6. The average Bonchev–Trinajstić information content (AvgIpc) is 3.06. The molecule has 1 heterocycles. The van der Waals surface area contributed by atoms with E-state index in [9.17, 15) is 9.90 Å². The summed E-state index contributed by atoms with van der Waals surface area (Å²) < 4.78 is 11.1. The second-order valence-corrected chi connectivity index (χ2v) is 6.82. The molecule has 0 atom stereocenters. The zero-order chi connectivity index (χ0) is 19.2.